The molecule has 2 atom stereocenters. The van der Waals surface area contributed by atoms with Crippen LogP contribution in [0.3, 0.4) is 0 Å². The third-order valence-electron chi connectivity index (χ3n) is 2.86. The van der Waals surface area contributed by atoms with Gasteiger partial charge in [0.15, 0.2) is 0 Å². The van der Waals surface area contributed by atoms with Crippen LogP contribution in [0.2, 0.25) is 0 Å². The van der Waals surface area contributed by atoms with E-state index in [9.17, 15) is 4.79 Å². The van der Waals surface area contributed by atoms with Gasteiger partial charge in [0.1, 0.15) is 0 Å². The first-order chi connectivity index (χ1) is 7.00. The van der Waals surface area contributed by atoms with Gasteiger partial charge in [0.25, 0.3) is 0 Å². The molecule has 0 aromatic carbocycles. The fourth-order valence-electron chi connectivity index (χ4n) is 1.77. The van der Waals surface area contributed by atoms with E-state index < -0.39 is 11.4 Å². The minimum absolute atomic E-state index is 0.0858. The quantitative estimate of drug-likeness (QED) is 0.810. The molecule has 0 saturated carbocycles. The molecule has 1 aromatic heterocycles. The minimum Gasteiger partial charge on any atom is -0.481 e. The monoisotopic (exact) mass is 227 g/mol. The first kappa shape index (κ1) is 12.2. The molecule has 0 amide bonds. The Morgan fingerprint density at radius 3 is 2.80 bits per heavy atom. The summed E-state index contributed by atoms with van der Waals surface area (Å²) >= 11 is 1.57. The van der Waals surface area contributed by atoms with E-state index in [0.29, 0.717) is 0 Å². The SMILES string of the molecule is CCC(N)C(C)(CC(=O)O)c1cccs1. The molecule has 0 radical (unpaired) electrons. The van der Waals surface area contributed by atoms with Crippen molar-refractivity contribution in [3.05, 3.63) is 22.4 Å². The number of carbonyl (C=O) groups is 1. The molecule has 0 bridgehead atoms. The van der Waals surface area contributed by atoms with Crippen LogP contribution in [-0.4, -0.2) is 17.1 Å². The van der Waals surface area contributed by atoms with Gasteiger partial charge in [-0.25, -0.2) is 0 Å². The molecule has 0 spiro atoms. The van der Waals surface area contributed by atoms with E-state index in [1.54, 1.807) is 11.3 Å². The summed E-state index contributed by atoms with van der Waals surface area (Å²) in [4.78, 5) is 11.9. The Morgan fingerprint density at radius 2 is 2.40 bits per heavy atom. The number of hydrogen-bond acceptors (Lipinski definition) is 3. The average molecular weight is 227 g/mol. The fraction of sp³-hybridized carbons (Fsp3) is 0.545. The second-order valence-electron chi connectivity index (χ2n) is 3.98. The van der Waals surface area contributed by atoms with Gasteiger partial charge < -0.3 is 10.8 Å². The van der Waals surface area contributed by atoms with Gasteiger partial charge in [-0.05, 0) is 17.9 Å². The lowest BCUT2D eigenvalue weighted by Gasteiger charge is -2.32. The molecule has 1 heterocycles. The summed E-state index contributed by atoms with van der Waals surface area (Å²) < 4.78 is 0. The third kappa shape index (κ3) is 2.58. The summed E-state index contributed by atoms with van der Waals surface area (Å²) in [6, 6.07) is 3.78. The van der Waals surface area contributed by atoms with Crippen molar-refractivity contribution in [1.29, 1.82) is 0 Å². The smallest absolute Gasteiger partial charge is 0.304 e. The van der Waals surface area contributed by atoms with Crippen molar-refractivity contribution in [2.75, 3.05) is 0 Å². The summed E-state index contributed by atoms with van der Waals surface area (Å²) in [6.45, 7) is 3.92. The van der Waals surface area contributed by atoms with Crippen LogP contribution in [0.1, 0.15) is 31.6 Å². The average Bonchev–Trinajstić information content (AvgIpc) is 2.68. The van der Waals surface area contributed by atoms with Gasteiger partial charge in [-0.2, -0.15) is 0 Å². The fourth-order valence-corrected chi connectivity index (χ4v) is 2.72. The number of thiophene rings is 1. The van der Waals surface area contributed by atoms with Crippen LogP contribution < -0.4 is 5.73 Å². The summed E-state index contributed by atoms with van der Waals surface area (Å²) in [5.74, 6) is -0.796. The Morgan fingerprint density at radius 1 is 1.73 bits per heavy atom. The Kier molecular flexibility index (Phi) is 3.88. The zero-order chi connectivity index (χ0) is 11.5. The van der Waals surface area contributed by atoms with Crippen molar-refractivity contribution in [3.63, 3.8) is 0 Å². The lowest BCUT2D eigenvalue weighted by molar-refractivity contribution is -0.138. The topological polar surface area (TPSA) is 63.3 Å². The number of rotatable bonds is 5. The predicted molar refractivity (Wildman–Crippen MR) is 62.2 cm³/mol. The zero-order valence-corrected chi connectivity index (χ0v) is 9.88. The van der Waals surface area contributed by atoms with Crippen LogP contribution in [0, 0.1) is 0 Å². The van der Waals surface area contributed by atoms with Crippen molar-refractivity contribution >= 4 is 17.3 Å². The molecule has 0 aliphatic rings. The molecule has 15 heavy (non-hydrogen) atoms. The molecule has 3 nitrogen and oxygen atoms in total. The summed E-state index contributed by atoms with van der Waals surface area (Å²) in [7, 11) is 0. The van der Waals surface area contributed by atoms with Crippen molar-refractivity contribution < 1.29 is 9.90 Å². The molecular weight excluding hydrogens is 210 g/mol. The van der Waals surface area contributed by atoms with Gasteiger partial charge in [0.2, 0.25) is 0 Å². The van der Waals surface area contributed by atoms with E-state index in [-0.39, 0.29) is 12.5 Å². The van der Waals surface area contributed by atoms with Gasteiger partial charge in [0.05, 0.1) is 6.42 Å². The summed E-state index contributed by atoms with van der Waals surface area (Å²) in [5, 5.41) is 10.9. The van der Waals surface area contributed by atoms with Crippen molar-refractivity contribution in [3.8, 4) is 0 Å². The molecule has 4 heteroatoms. The highest BCUT2D eigenvalue weighted by molar-refractivity contribution is 7.10. The number of carboxylic acids is 1. The van der Waals surface area contributed by atoms with Gasteiger partial charge in [-0.1, -0.05) is 19.9 Å². The standard InChI is InChI=1S/C11H17NO2S/c1-3-8(12)11(2,7-10(13)14)9-5-4-6-15-9/h4-6,8H,3,7,12H2,1-2H3,(H,13,14). The molecule has 2 unspecified atom stereocenters. The number of carboxylic acid groups (broad SMARTS) is 1. The summed E-state index contributed by atoms with van der Waals surface area (Å²) in [6.07, 6.45) is 0.865. The molecule has 1 aromatic rings. The third-order valence-corrected chi connectivity index (χ3v) is 4.01. The van der Waals surface area contributed by atoms with E-state index in [1.165, 1.54) is 0 Å². The van der Waals surface area contributed by atoms with Gasteiger partial charge in [-0.15, -0.1) is 11.3 Å². The number of hydrogen-bond donors (Lipinski definition) is 2. The maximum Gasteiger partial charge on any atom is 0.304 e. The van der Waals surface area contributed by atoms with E-state index in [0.717, 1.165) is 11.3 Å². The molecule has 84 valence electrons. The maximum absolute atomic E-state index is 10.9. The maximum atomic E-state index is 10.9. The zero-order valence-electron chi connectivity index (χ0n) is 9.06. The van der Waals surface area contributed by atoms with Crippen LogP contribution >= 0.6 is 11.3 Å². The van der Waals surface area contributed by atoms with Gasteiger partial charge in [0, 0.05) is 16.3 Å². The molecule has 3 N–H and O–H groups in total. The summed E-state index contributed by atoms with van der Waals surface area (Å²) in [5.41, 5.74) is 5.58. The highest BCUT2D eigenvalue weighted by Crippen LogP contribution is 2.34. The second-order valence-corrected chi connectivity index (χ2v) is 4.93. The van der Waals surface area contributed by atoms with E-state index in [4.69, 9.17) is 10.8 Å². The van der Waals surface area contributed by atoms with Crippen molar-refractivity contribution in [2.24, 2.45) is 5.73 Å². The second kappa shape index (κ2) is 4.77. The molecule has 1 rings (SSSR count). The number of aliphatic carboxylic acids is 1. The van der Waals surface area contributed by atoms with E-state index in [2.05, 4.69) is 0 Å². The van der Waals surface area contributed by atoms with Crippen molar-refractivity contribution in [1.82, 2.24) is 0 Å². The van der Waals surface area contributed by atoms with Crippen LogP contribution in [0.4, 0.5) is 0 Å². The number of nitrogens with two attached hydrogens (primary N) is 1. The highest BCUT2D eigenvalue weighted by Gasteiger charge is 2.35. The molecule has 0 aliphatic carbocycles. The first-order valence-corrected chi connectivity index (χ1v) is 5.90. The molecule has 0 saturated heterocycles. The lowest BCUT2D eigenvalue weighted by Crippen LogP contribution is -2.43. The Hall–Kier alpha value is -0.870. The van der Waals surface area contributed by atoms with Crippen molar-refractivity contribution in [2.45, 2.75) is 38.1 Å². The first-order valence-electron chi connectivity index (χ1n) is 5.02. The van der Waals surface area contributed by atoms with Gasteiger partial charge in [-0.3, -0.25) is 4.79 Å². The predicted octanol–water partition coefficient (Wildman–Crippen LogP) is 2.22. The molecule has 0 aliphatic heterocycles. The Labute approximate surface area is 93.9 Å². The van der Waals surface area contributed by atoms with E-state index in [1.807, 2.05) is 31.4 Å². The lowest BCUT2D eigenvalue weighted by atomic mass is 9.77. The van der Waals surface area contributed by atoms with Crippen LogP contribution in [0.25, 0.3) is 0 Å². The molecular formula is C11H17NO2S. The Balaban J connectivity index is 3.01. The van der Waals surface area contributed by atoms with Crippen LogP contribution in [0.5, 0.6) is 0 Å². The largest absolute Gasteiger partial charge is 0.481 e. The van der Waals surface area contributed by atoms with E-state index >= 15 is 0 Å². The van der Waals surface area contributed by atoms with Crippen LogP contribution in [-0.2, 0) is 10.2 Å². The van der Waals surface area contributed by atoms with Gasteiger partial charge >= 0.3 is 5.97 Å². The minimum atomic E-state index is -0.796. The Bertz CT molecular complexity index is 323. The normalized spacial score (nSPS) is 17.0. The van der Waals surface area contributed by atoms with Crippen LogP contribution in [0.15, 0.2) is 17.5 Å². The highest BCUT2D eigenvalue weighted by atomic mass is 32.1. The molecule has 0 fully saturated rings.